The van der Waals surface area contributed by atoms with Crippen LogP contribution in [0.25, 0.3) is 0 Å². The molecule has 0 fully saturated rings. The largest absolute Gasteiger partial charge is 0.377 e. The summed E-state index contributed by atoms with van der Waals surface area (Å²) in [7, 11) is 0. The Morgan fingerprint density at radius 1 is 1.05 bits per heavy atom. The van der Waals surface area contributed by atoms with E-state index in [0.29, 0.717) is 21.6 Å². The second-order valence-electron chi connectivity index (χ2n) is 4.23. The summed E-state index contributed by atoms with van der Waals surface area (Å²) in [5.74, 6) is 0. The SMILES string of the molecule is NCC(Nc1ccc(Cl)c(Br)c1)c1cc(Cl)ccc1Cl. The standard InChI is InChI=1S/C14H12BrCl3N2/c15-11-6-9(2-4-13(11)18)20-14(7-19)10-5-8(16)1-3-12(10)17/h1-6,14,20H,7,19H2. The van der Waals surface area contributed by atoms with E-state index in [1.54, 1.807) is 18.2 Å². The first-order valence-electron chi connectivity index (χ1n) is 5.88. The van der Waals surface area contributed by atoms with Gasteiger partial charge in [-0.15, -0.1) is 0 Å². The predicted octanol–water partition coefficient (Wildman–Crippen LogP) is 5.52. The van der Waals surface area contributed by atoms with Crippen LogP contribution in [0.1, 0.15) is 11.6 Å². The molecule has 2 aromatic carbocycles. The Bertz CT molecular complexity index is 619. The number of rotatable bonds is 4. The number of anilines is 1. The van der Waals surface area contributed by atoms with E-state index >= 15 is 0 Å². The van der Waals surface area contributed by atoms with Crippen LogP contribution in [-0.4, -0.2) is 6.54 Å². The van der Waals surface area contributed by atoms with Crippen molar-refractivity contribution in [2.75, 3.05) is 11.9 Å². The van der Waals surface area contributed by atoms with Crippen molar-refractivity contribution in [1.29, 1.82) is 0 Å². The lowest BCUT2D eigenvalue weighted by Crippen LogP contribution is -2.21. The molecule has 20 heavy (non-hydrogen) atoms. The lowest BCUT2D eigenvalue weighted by molar-refractivity contribution is 0.790. The Balaban J connectivity index is 2.28. The summed E-state index contributed by atoms with van der Waals surface area (Å²) < 4.78 is 0.817. The van der Waals surface area contributed by atoms with Crippen LogP contribution in [0.3, 0.4) is 0 Å². The van der Waals surface area contributed by atoms with Crippen LogP contribution in [0.15, 0.2) is 40.9 Å². The van der Waals surface area contributed by atoms with Crippen LogP contribution in [0.2, 0.25) is 15.1 Å². The number of halogens is 4. The van der Waals surface area contributed by atoms with Crippen molar-refractivity contribution >= 4 is 56.4 Å². The smallest absolute Gasteiger partial charge is 0.0651 e. The molecule has 2 aromatic rings. The van der Waals surface area contributed by atoms with Gasteiger partial charge in [0.25, 0.3) is 0 Å². The van der Waals surface area contributed by atoms with E-state index in [1.807, 2.05) is 18.2 Å². The fourth-order valence-corrected chi connectivity index (χ4v) is 2.76. The molecule has 1 unspecified atom stereocenters. The van der Waals surface area contributed by atoms with Crippen LogP contribution in [-0.2, 0) is 0 Å². The van der Waals surface area contributed by atoms with Gasteiger partial charge in [-0.05, 0) is 57.9 Å². The fraction of sp³-hybridized carbons (Fsp3) is 0.143. The predicted molar refractivity (Wildman–Crippen MR) is 91.0 cm³/mol. The summed E-state index contributed by atoms with van der Waals surface area (Å²) >= 11 is 21.6. The summed E-state index contributed by atoms with van der Waals surface area (Å²) in [5.41, 5.74) is 7.60. The molecule has 2 rings (SSSR count). The molecule has 0 aromatic heterocycles. The van der Waals surface area contributed by atoms with Gasteiger partial charge in [0.1, 0.15) is 0 Å². The van der Waals surface area contributed by atoms with Crippen LogP contribution < -0.4 is 11.1 Å². The molecule has 0 radical (unpaired) electrons. The summed E-state index contributed by atoms with van der Waals surface area (Å²) in [4.78, 5) is 0. The summed E-state index contributed by atoms with van der Waals surface area (Å²) in [5, 5.41) is 5.23. The first kappa shape index (κ1) is 15.9. The molecule has 1 atom stereocenters. The third-order valence-electron chi connectivity index (χ3n) is 2.83. The van der Waals surface area contributed by atoms with Crippen molar-refractivity contribution < 1.29 is 0 Å². The fourth-order valence-electron chi connectivity index (χ4n) is 1.83. The third kappa shape index (κ3) is 3.80. The Kier molecular flexibility index (Phi) is 5.58. The summed E-state index contributed by atoms with van der Waals surface area (Å²) in [6.45, 7) is 0.389. The first-order chi connectivity index (χ1) is 9.51. The second kappa shape index (κ2) is 7.01. The molecule has 0 aliphatic rings. The Labute approximate surface area is 141 Å². The van der Waals surface area contributed by atoms with Gasteiger partial charge in [-0.1, -0.05) is 34.8 Å². The molecule has 6 heteroatoms. The highest BCUT2D eigenvalue weighted by atomic mass is 79.9. The van der Waals surface area contributed by atoms with E-state index in [2.05, 4.69) is 21.2 Å². The van der Waals surface area contributed by atoms with Crippen LogP contribution in [0, 0.1) is 0 Å². The summed E-state index contributed by atoms with van der Waals surface area (Å²) in [6.07, 6.45) is 0. The normalized spacial score (nSPS) is 12.2. The molecular formula is C14H12BrCl3N2. The molecule has 0 bridgehead atoms. The van der Waals surface area contributed by atoms with Crippen molar-refractivity contribution in [1.82, 2.24) is 0 Å². The zero-order valence-corrected chi connectivity index (χ0v) is 14.2. The molecule has 0 spiro atoms. The van der Waals surface area contributed by atoms with Gasteiger partial charge in [0.2, 0.25) is 0 Å². The molecule has 0 heterocycles. The van der Waals surface area contributed by atoms with Gasteiger partial charge in [-0.3, -0.25) is 0 Å². The number of nitrogens with two attached hydrogens (primary N) is 1. The monoisotopic (exact) mass is 392 g/mol. The van der Waals surface area contributed by atoms with E-state index in [1.165, 1.54) is 0 Å². The zero-order valence-electron chi connectivity index (χ0n) is 10.3. The van der Waals surface area contributed by atoms with Gasteiger partial charge in [-0.2, -0.15) is 0 Å². The molecular weight excluding hydrogens is 382 g/mol. The zero-order chi connectivity index (χ0) is 14.7. The van der Waals surface area contributed by atoms with Gasteiger partial charge >= 0.3 is 0 Å². The highest BCUT2D eigenvalue weighted by molar-refractivity contribution is 9.10. The van der Waals surface area contributed by atoms with Crippen molar-refractivity contribution in [3.05, 3.63) is 61.5 Å². The molecule has 2 nitrogen and oxygen atoms in total. The van der Waals surface area contributed by atoms with Gasteiger partial charge in [-0.25, -0.2) is 0 Å². The van der Waals surface area contributed by atoms with E-state index in [4.69, 9.17) is 40.5 Å². The molecule has 0 saturated heterocycles. The molecule has 0 amide bonds. The molecule has 3 N–H and O–H groups in total. The van der Waals surface area contributed by atoms with Crippen molar-refractivity contribution in [2.24, 2.45) is 5.73 Å². The Morgan fingerprint density at radius 2 is 1.75 bits per heavy atom. The van der Waals surface area contributed by atoms with Crippen molar-refractivity contribution in [3.8, 4) is 0 Å². The number of hydrogen-bond acceptors (Lipinski definition) is 2. The maximum absolute atomic E-state index is 6.21. The van der Waals surface area contributed by atoms with E-state index in [9.17, 15) is 0 Å². The minimum atomic E-state index is -0.130. The average Bonchev–Trinajstić information content (AvgIpc) is 2.43. The van der Waals surface area contributed by atoms with Crippen molar-refractivity contribution in [2.45, 2.75) is 6.04 Å². The molecule has 0 aliphatic heterocycles. The Morgan fingerprint density at radius 3 is 2.40 bits per heavy atom. The topological polar surface area (TPSA) is 38.0 Å². The highest BCUT2D eigenvalue weighted by Crippen LogP contribution is 2.31. The minimum absolute atomic E-state index is 0.130. The number of nitrogens with one attached hydrogen (secondary N) is 1. The van der Waals surface area contributed by atoms with Crippen LogP contribution >= 0.6 is 50.7 Å². The van der Waals surface area contributed by atoms with E-state index in [-0.39, 0.29) is 6.04 Å². The highest BCUT2D eigenvalue weighted by Gasteiger charge is 2.14. The lowest BCUT2D eigenvalue weighted by Gasteiger charge is -2.20. The van der Waals surface area contributed by atoms with Gasteiger partial charge in [0.05, 0.1) is 11.1 Å². The van der Waals surface area contributed by atoms with Gasteiger partial charge in [0.15, 0.2) is 0 Å². The van der Waals surface area contributed by atoms with Gasteiger partial charge in [0, 0.05) is 26.8 Å². The van der Waals surface area contributed by atoms with E-state index in [0.717, 1.165) is 15.7 Å². The van der Waals surface area contributed by atoms with Crippen molar-refractivity contribution in [3.63, 3.8) is 0 Å². The number of benzene rings is 2. The maximum atomic E-state index is 6.21. The third-order valence-corrected chi connectivity index (χ3v) is 4.62. The minimum Gasteiger partial charge on any atom is -0.377 e. The quantitative estimate of drug-likeness (QED) is 0.716. The molecule has 0 aliphatic carbocycles. The average molecular weight is 395 g/mol. The lowest BCUT2D eigenvalue weighted by atomic mass is 10.1. The van der Waals surface area contributed by atoms with E-state index < -0.39 is 0 Å². The molecule has 106 valence electrons. The first-order valence-corrected chi connectivity index (χ1v) is 7.80. The maximum Gasteiger partial charge on any atom is 0.0651 e. The van der Waals surface area contributed by atoms with Crippen LogP contribution in [0.4, 0.5) is 5.69 Å². The second-order valence-corrected chi connectivity index (χ2v) is 6.33. The number of hydrogen-bond donors (Lipinski definition) is 2. The van der Waals surface area contributed by atoms with Gasteiger partial charge < -0.3 is 11.1 Å². The molecule has 0 saturated carbocycles. The van der Waals surface area contributed by atoms with Crippen LogP contribution in [0.5, 0.6) is 0 Å². The summed E-state index contributed by atoms with van der Waals surface area (Å²) in [6, 6.07) is 10.8. The Hall–Kier alpha value is -0.450.